The average Bonchev–Trinajstić information content (AvgIpc) is 2.71. The van der Waals surface area contributed by atoms with Crippen molar-refractivity contribution in [3.8, 4) is 5.75 Å². The summed E-state index contributed by atoms with van der Waals surface area (Å²) in [6.45, 7) is 2.49. The Balaban J connectivity index is 1.76. The number of nitrogens with one attached hydrogen (secondary N) is 2. The fraction of sp³-hybridized carbons (Fsp3) is 0.286. The highest BCUT2D eigenvalue weighted by molar-refractivity contribution is 5.96. The van der Waals surface area contributed by atoms with Crippen molar-refractivity contribution >= 4 is 23.7 Å². The monoisotopic (exact) mass is 382 g/mol. The van der Waals surface area contributed by atoms with E-state index in [2.05, 4.69) is 15.8 Å². The minimum atomic E-state index is -0.405. The molecule has 0 aromatic heterocycles. The van der Waals surface area contributed by atoms with Crippen LogP contribution in [0.2, 0.25) is 0 Å². The molecule has 2 rings (SSSR count). The molecule has 2 aromatic rings. The number of benzene rings is 2. The highest BCUT2D eigenvalue weighted by Gasteiger charge is 2.07. The first kappa shape index (κ1) is 21.0. The third kappa shape index (κ3) is 6.75. The number of carbonyl (C=O) groups is 2. The predicted molar refractivity (Wildman–Crippen MR) is 111 cm³/mol. The molecule has 0 bridgehead atoms. The molecule has 0 heterocycles. The number of ether oxygens (including phenoxy) is 1. The minimum Gasteiger partial charge on any atom is -0.494 e. The zero-order valence-electron chi connectivity index (χ0n) is 16.4. The lowest BCUT2D eigenvalue weighted by Gasteiger charge is -2.11. The first-order valence-corrected chi connectivity index (χ1v) is 9.10. The molecular formula is C21H26N4O3. The zero-order valence-corrected chi connectivity index (χ0v) is 16.4. The fourth-order valence-electron chi connectivity index (χ4n) is 2.26. The fourth-order valence-corrected chi connectivity index (χ4v) is 2.26. The Kier molecular flexibility index (Phi) is 8.02. The van der Waals surface area contributed by atoms with Crippen molar-refractivity contribution in [2.24, 2.45) is 5.10 Å². The highest BCUT2D eigenvalue weighted by Crippen LogP contribution is 2.12. The highest BCUT2D eigenvalue weighted by atomic mass is 16.5. The average molecular weight is 382 g/mol. The molecule has 28 heavy (non-hydrogen) atoms. The van der Waals surface area contributed by atoms with Gasteiger partial charge in [-0.05, 0) is 48.4 Å². The summed E-state index contributed by atoms with van der Waals surface area (Å²) < 4.78 is 5.47. The van der Waals surface area contributed by atoms with Crippen molar-refractivity contribution in [2.75, 3.05) is 32.1 Å². The first-order chi connectivity index (χ1) is 13.5. The SMILES string of the molecule is CCCOc1ccc(C(=O)NCC(=O)N/N=C/c2ccc(N(C)C)cc2)cc1. The summed E-state index contributed by atoms with van der Waals surface area (Å²) in [5.74, 6) is -0.0260. The molecule has 0 radical (unpaired) electrons. The largest absolute Gasteiger partial charge is 0.494 e. The van der Waals surface area contributed by atoms with Crippen LogP contribution in [0.1, 0.15) is 29.3 Å². The molecule has 2 N–H and O–H groups in total. The summed E-state index contributed by atoms with van der Waals surface area (Å²) in [6, 6.07) is 14.5. The smallest absolute Gasteiger partial charge is 0.259 e. The van der Waals surface area contributed by atoms with Gasteiger partial charge >= 0.3 is 0 Å². The van der Waals surface area contributed by atoms with E-state index in [9.17, 15) is 9.59 Å². The molecule has 2 aromatic carbocycles. The number of carbonyl (C=O) groups excluding carboxylic acids is 2. The van der Waals surface area contributed by atoms with Crippen LogP contribution >= 0.6 is 0 Å². The molecule has 7 heteroatoms. The van der Waals surface area contributed by atoms with Gasteiger partial charge in [0, 0.05) is 25.3 Å². The lowest BCUT2D eigenvalue weighted by atomic mass is 10.2. The molecule has 0 fully saturated rings. The van der Waals surface area contributed by atoms with E-state index in [1.807, 2.05) is 50.2 Å². The molecular weight excluding hydrogens is 356 g/mol. The first-order valence-electron chi connectivity index (χ1n) is 9.10. The Morgan fingerprint density at radius 3 is 2.36 bits per heavy atom. The lowest BCUT2D eigenvalue weighted by Crippen LogP contribution is -2.34. The topological polar surface area (TPSA) is 83.0 Å². The predicted octanol–water partition coefficient (Wildman–Crippen LogP) is 2.42. The Morgan fingerprint density at radius 2 is 1.75 bits per heavy atom. The molecule has 0 aliphatic carbocycles. The van der Waals surface area contributed by atoms with Crippen LogP contribution in [0.15, 0.2) is 53.6 Å². The van der Waals surface area contributed by atoms with Crippen LogP contribution in [0.4, 0.5) is 5.69 Å². The molecule has 0 aliphatic heterocycles. The maximum Gasteiger partial charge on any atom is 0.259 e. The second kappa shape index (κ2) is 10.7. The van der Waals surface area contributed by atoms with Gasteiger partial charge in [0.1, 0.15) is 5.75 Å². The quantitative estimate of drug-likeness (QED) is 0.515. The van der Waals surface area contributed by atoms with Gasteiger partial charge in [0.05, 0.1) is 19.4 Å². The summed E-state index contributed by atoms with van der Waals surface area (Å²) in [6.07, 6.45) is 2.47. The van der Waals surface area contributed by atoms with Crippen LogP contribution in [-0.4, -0.2) is 45.3 Å². The summed E-state index contributed by atoms with van der Waals surface area (Å²) in [5.41, 5.74) is 4.79. The van der Waals surface area contributed by atoms with E-state index in [-0.39, 0.29) is 12.5 Å². The van der Waals surface area contributed by atoms with Gasteiger partial charge < -0.3 is 15.0 Å². The molecule has 7 nitrogen and oxygen atoms in total. The van der Waals surface area contributed by atoms with Crippen LogP contribution < -0.4 is 20.4 Å². The maximum absolute atomic E-state index is 12.1. The molecule has 2 amide bonds. The molecule has 0 atom stereocenters. The van der Waals surface area contributed by atoms with E-state index in [1.165, 1.54) is 0 Å². The van der Waals surface area contributed by atoms with Gasteiger partial charge in [-0.2, -0.15) is 5.10 Å². The van der Waals surface area contributed by atoms with Crippen molar-refractivity contribution in [1.82, 2.24) is 10.7 Å². The number of hydrazone groups is 1. The van der Waals surface area contributed by atoms with Gasteiger partial charge in [-0.1, -0.05) is 19.1 Å². The number of nitrogens with zero attached hydrogens (tertiary/aromatic N) is 2. The van der Waals surface area contributed by atoms with Crippen LogP contribution in [0, 0.1) is 0 Å². The van der Waals surface area contributed by atoms with Crippen LogP contribution in [-0.2, 0) is 4.79 Å². The van der Waals surface area contributed by atoms with Gasteiger partial charge in [0.25, 0.3) is 11.8 Å². The molecule has 0 saturated heterocycles. The third-order valence-corrected chi connectivity index (χ3v) is 3.81. The van der Waals surface area contributed by atoms with E-state index in [1.54, 1.807) is 30.5 Å². The van der Waals surface area contributed by atoms with Crippen LogP contribution in [0.3, 0.4) is 0 Å². The third-order valence-electron chi connectivity index (χ3n) is 3.81. The molecule has 148 valence electrons. The molecule has 0 aliphatic rings. The standard InChI is InChI=1S/C21H26N4O3/c1-4-13-28-19-11-7-17(8-12-19)21(27)22-15-20(26)24-23-14-16-5-9-18(10-6-16)25(2)3/h5-12,14H,4,13,15H2,1-3H3,(H,22,27)(H,24,26)/b23-14+. The Labute approximate surface area is 165 Å². The van der Waals surface area contributed by atoms with Crippen molar-refractivity contribution in [3.05, 3.63) is 59.7 Å². The van der Waals surface area contributed by atoms with Gasteiger partial charge in [0.2, 0.25) is 0 Å². The van der Waals surface area contributed by atoms with Crippen molar-refractivity contribution in [1.29, 1.82) is 0 Å². The maximum atomic E-state index is 12.1. The summed E-state index contributed by atoms with van der Waals surface area (Å²) in [7, 11) is 3.93. The van der Waals surface area contributed by atoms with Crippen molar-refractivity contribution in [2.45, 2.75) is 13.3 Å². The Morgan fingerprint density at radius 1 is 1.07 bits per heavy atom. The second-order valence-corrected chi connectivity index (χ2v) is 6.33. The van der Waals surface area contributed by atoms with Crippen molar-refractivity contribution in [3.63, 3.8) is 0 Å². The molecule has 0 spiro atoms. The van der Waals surface area contributed by atoms with E-state index in [0.717, 1.165) is 17.7 Å². The normalized spacial score (nSPS) is 10.5. The summed E-state index contributed by atoms with van der Waals surface area (Å²) in [4.78, 5) is 25.9. The Bertz CT molecular complexity index is 799. The molecule has 0 unspecified atom stereocenters. The van der Waals surface area contributed by atoms with Gasteiger partial charge in [-0.15, -0.1) is 0 Å². The van der Waals surface area contributed by atoms with Crippen LogP contribution in [0.5, 0.6) is 5.75 Å². The van der Waals surface area contributed by atoms with Gasteiger partial charge in [0.15, 0.2) is 0 Å². The summed E-state index contributed by atoms with van der Waals surface area (Å²) >= 11 is 0. The van der Waals surface area contributed by atoms with Gasteiger partial charge in [-0.25, -0.2) is 5.43 Å². The lowest BCUT2D eigenvalue weighted by molar-refractivity contribution is -0.120. The summed E-state index contributed by atoms with van der Waals surface area (Å²) in [5, 5.41) is 6.46. The number of hydrogen-bond donors (Lipinski definition) is 2. The number of amides is 2. The van der Waals surface area contributed by atoms with Crippen molar-refractivity contribution < 1.29 is 14.3 Å². The van der Waals surface area contributed by atoms with Crippen LogP contribution in [0.25, 0.3) is 0 Å². The number of anilines is 1. The van der Waals surface area contributed by atoms with Gasteiger partial charge in [-0.3, -0.25) is 9.59 Å². The van der Waals surface area contributed by atoms with E-state index < -0.39 is 5.91 Å². The Hall–Kier alpha value is -3.35. The minimum absolute atomic E-state index is 0.163. The number of hydrogen-bond acceptors (Lipinski definition) is 5. The van der Waals surface area contributed by atoms with E-state index in [0.29, 0.717) is 17.9 Å². The van der Waals surface area contributed by atoms with E-state index in [4.69, 9.17) is 4.74 Å². The molecule has 0 saturated carbocycles. The second-order valence-electron chi connectivity index (χ2n) is 6.33. The van der Waals surface area contributed by atoms with E-state index >= 15 is 0 Å². The zero-order chi connectivity index (χ0) is 20.4. The number of rotatable bonds is 9.